The lowest BCUT2D eigenvalue weighted by Crippen LogP contribution is -2.26. The molecule has 0 aliphatic heterocycles. The van der Waals surface area contributed by atoms with Crippen LogP contribution in [0.4, 0.5) is 5.69 Å². The average molecular weight is 428 g/mol. The Balaban J connectivity index is 1.77. The van der Waals surface area contributed by atoms with Gasteiger partial charge in [0.05, 0.1) is 19.3 Å². The van der Waals surface area contributed by atoms with Crippen LogP contribution in [0.3, 0.4) is 0 Å². The Morgan fingerprint density at radius 2 is 1.81 bits per heavy atom. The summed E-state index contributed by atoms with van der Waals surface area (Å²) in [4.78, 5) is 35.7. The van der Waals surface area contributed by atoms with Gasteiger partial charge in [0.2, 0.25) is 5.91 Å². The number of ether oxygens (including phenoxy) is 3. The molecule has 8 heteroatoms. The van der Waals surface area contributed by atoms with Crippen molar-refractivity contribution in [3.05, 3.63) is 53.6 Å². The molecular formula is C23H28N2O6. The molecule has 0 radical (unpaired) electrons. The number of rotatable bonds is 11. The van der Waals surface area contributed by atoms with Crippen LogP contribution in [-0.4, -0.2) is 44.7 Å². The SMILES string of the molecule is CCOc1ccccc1C(=O)NCCCC(=O)Nc1ccc(OCC(=O)OC)cc1C. The number of anilines is 1. The van der Waals surface area contributed by atoms with Gasteiger partial charge in [-0.1, -0.05) is 12.1 Å². The van der Waals surface area contributed by atoms with E-state index in [0.717, 1.165) is 5.56 Å². The number of carbonyl (C=O) groups is 3. The van der Waals surface area contributed by atoms with Gasteiger partial charge in [-0.05, 0) is 56.2 Å². The van der Waals surface area contributed by atoms with Crippen LogP contribution in [0.5, 0.6) is 11.5 Å². The molecule has 166 valence electrons. The van der Waals surface area contributed by atoms with Crippen molar-refractivity contribution in [1.82, 2.24) is 5.32 Å². The van der Waals surface area contributed by atoms with Crippen LogP contribution in [0, 0.1) is 6.92 Å². The zero-order valence-electron chi connectivity index (χ0n) is 18.0. The van der Waals surface area contributed by atoms with Crippen molar-refractivity contribution >= 4 is 23.5 Å². The summed E-state index contributed by atoms with van der Waals surface area (Å²) >= 11 is 0. The molecule has 8 nitrogen and oxygen atoms in total. The van der Waals surface area contributed by atoms with Gasteiger partial charge < -0.3 is 24.8 Å². The number of aryl methyl sites for hydroxylation is 1. The maximum absolute atomic E-state index is 12.3. The molecule has 0 bridgehead atoms. The Morgan fingerprint density at radius 3 is 2.52 bits per heavy atom. The van der Waals surface area contributed by atoms with Crippen LogP contribution in [0.25, 0.3) is 0 Å². The van der Waals surface area contributed by atoms with E-state index in [4.69, 9.17) is 9.47 Å². The molecule has 0 aliphatic carbocycles. The minimum absolute atomic E-state index is 0.157. The molecule has 0 unspecified atom stereocenters. The highest BCUT2D eigenvalue weighted by Gasteiger charge is 2.12. The van der Waals surface area contributed by atoms with Crippen LogP contribution >= 0.6 is 0 Å². The lowest BCUT2D eigenvalue weighted by Gasteiger charge is -2.12. The number of para-hydroxylation sites is 1. The van der Waals surface area contributed by atoms with Gasteiger partial charge in [-0.15, -0.1) is 0 Å². The molecule has 2 aromatic carbocycles. The summed E-state index contributed by atoms with van der Waals surface area (Å²) in [5, 5.41) is 5.65. The van der Waals surface area contributed by atoms with Crippen LogP contribution in [0.1, 0.15) is 35.7 Å². The van der Waals surface area contributed by atoms with Gasteiger partial charge in [0.1, 0.15) is 11.5 Å². The number of hydrogen-bond acceptors (Lipinski definition) is 6. The molecular weight excluding hydrogens is 400 g/mol. The molecule has 0 fully saturated rings. The van der Waals surface area contributed by atoms with E-state index in [2.05, 4.69) is 15.4 Å². The standard InChI is InChI=1S/C23H28N2O6/c1-4-30-20-9-6-5-8-18(20)23(28)24-13-7-10-21(26)25-19-12-11-17(14-16(19)2)31-15-22(27)29-3/h5-6,8-9,11-12,14H,4,7,10,13,15H2,1-3H3,(H,24,28)(H,25,26). The Hall–Kier alpha value is -3.55. The number of esters is 1. The Kier molecular flexibility index (Phi) is 9.35. The quantitative estimate of drug-likeness (QED) is 0.421. The third-order valence-electron chi connectivity index (χ3n) is 4.35. The molecule has 0 atom stereocenters. The van der Waals surface area contributed by atoms with Gasteiger partial charge in [-0.3, -0.25) is 9.59 Å². The lowest BCUT2D eigenvalue weighted by molar-refractivity contribution is -0.142. The maximum atomic E-state index is 12.3. The normalized spacial score (nSPS) is 10.2. The van der Waals surface area contributed by atoms with Crippen molar-refractivity contribution in [2.45, 2.75) is 26.7 Å². The van der Waals surface area contributed by atoms with Gasteiger partial charge >= 0.3 is 5.97 Å². The van der Waals surface area contributed by atoms with Crippen molar-refractivity contribution < 1.29 is 28.6 Å². The first-order chi connectivity index (χ1) is 14.9. The highest BCUT2D eigenvalue weighted by Crippen LogP contribution is 2.22. The van der Waals surface area contributed by atoms with Crippen LogP contribution in [0.2, 0.25) is 0 Å². The zero-order valence-corrected chi connectivity index (χ0v) is 18.0. The van der Waals surface area contributed by atoms with Crippen molar-refractivity contribution in [2.75, 3.05) is 32.2 Å². The largest absolute Gasteiger partial charge is 0.493 e. The zero-order chi connectivity index (χ0) is 22.6. The van der Waals surface area contributed by atoms with Gasteiger partial charge in [0.25, 0.3) is 5.91 Å². The summed E-state index contributed by atoms with van der Waals surface area (Å²) in [5.41, 5.74) is 1.93. The summed E-state index contributed by atoms with van der Waals surface area (Å²) in [5.74, 6) is 0.187. The highest BCUT2D eigenvalue weighted by molar-refractivity contribution is 5.97. The van der Waals surface area contributed by atoms with Gasteiger partial charge in [0, 0.05) is 18.7 Å². The number of nitrogens with one attached hydrogen (secondary N) is 2. The summed E-state index contributed by atoms with van der Waals surface area (Å²) < 4.78 is 15.3. The molecule has 0 aromatic heterocycles. The first kappa shape index (κ1) is 23.7. The fraction of sp³-hybridized carbons (Fsp3) is 0.348. The highest BCUT2D eigenvalue weighted by atomic mass is 16.6. The fourth-order valence-electron chi connectivity index (χ4n) is 2.76. The second-order valence-electron chi connectivity index (χ2n) is 6.68. The van der Waals surface area contributed by atoms with Crippen molar-refractivity contribution in [3.63, 3.8) is 0 Å². The minimum Gasteiger partial charge on any atom is -0.493 e. The second kappa shape index (κ2) is 12.2. The Bertz CT molecular complexity index is 913. The number of methoxy groups -OCH3 is 1. The van der Waals surface area contributed by atoms with E-state index in [-0.39, 0.29) is 24.8 Å². The molecule has 2 amide bonds. The number of hydrogen-bond donors (Lipinski definition) is 2. The van der Waals surface area contributed by atoms with Crippen LogP contribution in [-0.2, 0) is 14.3 Å². The second-order valence-corrected chi connectivity index (χ2v) is 6.68. The molecule has 2 rings (SSSR count). The van der Waals surface area contributed by atoms with Gasteiger partial charge in [-0.2, -0.15) is 0 Å². The summed E-state index contributed by atoms with van der Waals surface area (Å²) in [7, 11) is 1.29. The number of amides is 2. The smallest absolute Gasteiger partial charge is 0.343 e. The molecule has 0 spiro atoms. The van der Waals surface area contributed by atoms with E-state index in [1.165, 1.54) is 7.11 Å². The monoisotopic (exact) mass is 428 g/mol. The third kappa shape index (κ3) is 7.65. The van der Waals surface area contributed by atoms with E-state index < -0.39 is 5.97 Å². The molecule has 0 saturated carbocycles. The lowest BCUT2D eigenvalue weighted by atomic mass is 10.1. The Morgan fingerprint density at radius 1 is 1.03 bits per heavy atom. The van der Waals surface area contributed by atoms with E-state index in [0.29, 0.717) is 42.3 Å². The summed E-state index contributed by atoms with van der Waals surface area (Å²) in [6, 6.07) is 12.2. The summed E-state index contributed by atoms with van der Waals surface area (Å²) in [6.07, 6.45) is 0.751. The van der Waals surface area contributed by atoms with Gasteiger partial charge in [-0.25, -0.2) is 4.79 Å². The molecule has 0 aliphatic rings. The van der Waals surface area contributed by atoms with Gasteiger partial charge in [0.15, 0.2) is 6.61 Å². The van der Waals surface area contributed by atoms with E-state index >= 15 is 0 Å². The van der Waals surface area contributed by atoms with E-state index in [1.807, 2.05) is 19.9 Å². The summed E-state index contributed by atoms with van der Waals surface area (Å²) in [6.45, 7) is 4.35. The fourth-order valence-corrected chi connectivity index (χ4v) is 2.76. The maximum Gasteiger partial charge on any atom is 0.343 e. The first-order valence-electron chi connectivity index (χ1n) is 10.0. The topological polar surface area (TPSA) is 103 Å². The average Bonchev–Trinajstić information content (AvgIpc) is 2.77. The van der Waals surface area contributed by atoms with E-state index in [9.17, 15) is 14.4 Å². The third-order valence-corrected chi connectivity index (χ3v) is 4.35. The first-order valence-corrected chi connectivity index (χ1v) is 10.0. The number of benzene rings is 2. The van der Waals surface area contributed by atoms with Crippen LogP contribution in [0.15, 0.2) is 42.5 Å². The minimum atomic E-state index is -0.469. The predicted molar refractivity (Wildman–Crippen MR) is 116 cm³/mol. The molecule has 2 N–H and O–H groups in total. The van der Waals surface area contributed by atoms with Crippen LogP contribution < -0.4 is 20.1 Å². The number of carbonyl (C=O) groups excluding carboxylic acids is 3. The predicted octanol–water partition coefficient (Wildman–Crippen LogP) is 3.09. The molecule has 0 heterocycles. The van der Waals surface area contributed by atoms with Crippen molar-refractivity contribution in [2.24, 2.45) is 0 Å². The molecule has 0 saturated heterocycles. The van der Waals surface area contributed by atoms with Crippen molar-refractivity contribution in [1.29, 1.82) is 0 Å². The van der Waals surface area contributed by atoms with E-state index in [1.54, 1.807) is 36.4 Å². The Labute approximate surface area is 181 Å². The molecule has 31 heavy (non-hydrogen) atoms. The van der Waals surface area contributed by atoms with Crippen molar-refractivity contribution in [3.8, 4) is 11.5 Å². The molecule has 2 aromatic rings.